The second-order valence-corrected chi connectivity index (χ2v) is 17.5. The van der Waals surface area contributed by atoms with Crippen molar-refractivity contribution < 1.29 is 19.1 Å². The van der Waals surface area contributed by atoms with Gasteiger partial charge in [-0.1, -0.05) is 72.5 Å². The van der Waals surface area contributed by atoms with E-state index in [0.717, 1.165) is 99.7 Å². The number of hydrogen-bond acceptors (Lipinski definition) is 10. The molecule has 0 aliphatic carbocycles. The smallest absolute Gasteiger partial charge is 0.330 e. The van der Waals surface area contributed by atoms with Gasteiger partial charge in [0.25, 0.3) is 0 Å². The summed E-state index contributed by atoms with van der Waals surface area (Å²) in [5.74, 6) is 14.4. The van der Waals surface area contributed by atoms with Crippen LogP contribution in [-0.2, 0) is 19.1 Å². The van der Waals surface area contributed by atoms with E-state index in [-0.39, 0.29) is 11.9 Å². The molecule has 0 amide bonds. The van der Waals surface area contributed by atoms with Gasteiger partial charge in [0.15, 0.2) is 8.68 Å². The van der Waals surface area contributed by atoms with Crippen molar-refractivity contribution >= 4 is 78.6 Å². The molecule has 0 atom stereocenters. The van der Waals surface area contributed by atoms with Gasteiger partial charge < -0.3 is 9.47 Å². The van der Waals surface area contributed by atoms with Crippen molar-refractivity contribution in [2.75, 3.05) is 24.7 Å². The Morgan fingerprint density at radius 3 is 1.39 bits per heavy atom. The number of hydrogen-bond donors (Lipinski definition) is 0. The quantitative estimate of drug-likeness (QED) is 0.0334. The van der Waals surface area contributed by atoms with Gasteiger partial charge in [-0.2, -0.15) is 0 Å². The zero-order chi connectivity index (χ0) is 39.3. The van der Waals surface area contributed by atoms with Crippen molar-refractivity contribution in [3.8, 4) is 34.8 Å². The summed E-state index contributed by atoms with van der Waals surface area (Å²) in [6, 6.07) is 25.2. The molecule has 0 aliphatic rings. The molecule has 282 valence electrons. The first-order valence-corrected chi connectivity index (χ1v) is 21.8. The molecule has 6 rings (SSSR count). The van der Waals surface area contributed by atoms with Gasteiger partial charge in [-0.05, 0) is 122 Å². The summed E-state index contributed by atoms with van der Waals surface area (Å²) in [5.41, 5.74) is 10.4. The molecule has 0 radical (unpaired) electrons. The number of fused-ring (bicyclic) bond motifs is 2. The van der Waals surface area contributed by atoms with E-state index < -0.39 is 0 Å². The maximum absolute atomic E-state index is 11.2. The summed E-state index contributed by atoms with van der Waals surface area (Å²) in [4.78, 5) is 31.9. The third kappa shape index (κ3) is 11.5. The maximum atomic E-state index is 11.2. The number of aromatic nitrogens is 2. The lowest BCUT2D eigenvalue weighted by Crippen LogP contribution is -2.01. The number of nitrogens with zero attached hydrogens (tertiary/aromatic N) is 2. The molecule has 6 nitrogen and oxygen atoms in total. The van der Waals surface area contributed by atoms with Crippen LogP contribution in [0.4, 0.5) is 0 Å². The summed E-state index contributed by atoms with van der Waals surface area (Å²) in [6.07, 6.45) is 5.89. The molecule has 6 aromatic rings. The Hall–Kier alpha value is -5.10. The van der Waals surface area contributed by atoms with Gasteiger partial charge >= 0.3 is 11.9 Å². The van der Waals surface area contributed by atoms with Crippen molar-refractivity contribution in [2.45, 2.75) is 48.2 Å². The summed E-state index contributed by atoms with van der Waals surface area (Å²) in [7, 11) is 0. The van der Waals surface area contributed by atoms with Gasteiger partial charge in [-0.15, -0.1) is 22.7 Å². The van der Waals surface area contributed by atoms with E-state index >= 15 is 0 Å². The number of thiazole rings is 2. The van der Waals surface area contributed by atoms with Crippen LogP contribution >= 0.6 is 46.2 Å². The third-order valence-electron chi connectivity index (χ3n) is 8.53. The van der Waals surface area contributed by atoms with Crippen molar-refractivity contribution in [3.05, 3.63) is 131 Å². The highest BCUT2D eigenvalue weighted by atomic mass is 32.2. The Labute approximate surface area is 344 Å². The predicted molar refractivity (Wildman–Crippen MR) is 235 cm³/mol. The molecule has 0 bridgehead atoms. The van der Waals surface area contributed by atoms with Crippen LogP contribution in [0.5, 0.6) is 0 Å². The molecule has 0 spiro atoms. The molecule has 0 saturated carbocycles. The van der Waals surface area contributed by atoms with Gasteiger partial charge in [0.05, 0.1) is 33.6 Å². The van der Waals surface area contributed by atoms with Gasteiger partial charge in [-0.25, -0.2) is 19.6 Å². The SMILES string of the molecule is C=CC(=O)OCCCCSc1nc2cc(C#Cc3ccc(-c4ccc(C#Cc5ccc6sc(SCCCCOC(=O)C=C)nc6c5)cc4C)c(C)c3)ccc2s1. The number of aryl methyl sites for hydroxylation is 2. The Kier molecular flexibility index (Phi) is 14.6. The zero-order valence-corrected chi connectivity index (χ0v) is 34.6. The maximum Gasteiger partial charge on any atom is 0.330 e. The standard InChI is InChI=1S/C46H40N2O4S4/c1-5-43(49)51-23-7-9-25-53-45-47-39-29-35(17-21-41(39)55-45)13-11-33-15-19-37(31(3)27-33)38-20-16-34(28-32(38)4)12-14-36-18-22-42-40(30-36)48-46(56-42)54-26-10-8-24-52-44(50)6-2/h5-6,15-22,27-30H,1-2,7-10,23-26H2,3-4H3. The molecule has 0 saturated heterocycles. The zero-order valence-electron chi connectivity index (χ0n) is 31.3. The Morgan fingerprint density at radius 2 is 1.00 bits per heavy atom. The van der Waals surface area contributed by atoms with Crippen molar-refractivity contribution in [3.63, 3.8) is 0 Å². The Bertz CT molecular complexity index is 2350. The van der Waals surface area contributed by atoms with Gasteiger partial charge in [0.2, 0.25) is 0 Å². The Morgan fingerprint density at radius 1 is 0.607 bits per heavy atom. The van der Waals surface area contributed by atoms with Gasteiger partial charge in [0.1, 0.15) is 0 Å². The van der Waals surface area contributed by atoms with Crippen molar-refractivity contribution in [1.82, 2.24) is 9.97 Å². The minimum Gasteiger partial charge on any atom is -0.463 e. The van der Waals surface area contributed by atoms with Crippen LogP contribution in [-0.4, -0.2) is 46.6 Å². The average molecular weight is 813 g/mol. The van der Waals surface area contributed by atoms with Crippen LogP contribution in [0.15, 0.2) is 107 Å². The lowest BCUT2D eigenvalue weighted by atomic mass is 9.94. The van der Waals surface area contributed by atoms with E-state index in [0.29, 0.717) is 13.2 Å². The molecule has 0 unspecified atom stereocenters. The van der Waals surface area contributed by atoms with E-state index in [9.17, 15) is 9.59 Å². The highest BCUT2D eigenvalue weighted by Crippen LogP contribution is 2.32. The monoisotopic (exact) mass is 812 g/mol. The minimum atomic E-state index is -0.376. The van der Waals surface area contributed by atoms with Crippen molar-refractivity contribution in [2.24, 2.45) is 0 Å². The Balaban J connectivity index is 1.03. The normalized spacial score (nSPS) is 10.7. The molecule has 56 heavy (non-hydrogen) atoms. The average Bonchev–Trinajstić information content (AvgIpc) is 3.81. The first-order valence-electron chi connectivity index (χ1n) is 18.2. The summed E-state index contributed by atoms with van der Waals surface area (Å²) < 4.78 is 14.4. The van der Waals surface area contributed by atoms with E-state index in [1.165, 1.54) is 23.3 Å². The third-order valence-corrected chi connectivity index (χ3v) is 13.1. The number of ether oxygens (including phenoxy) is 2. The highest BCUT2D eigenvalue weighted by molar-refractivity contribution is 8.01. The summed E-state index contributed by atoms with van der Waals surface area (Å²) in [6.45, 7) is 11.9. The predicted octanol–water partition coefficient (Wildman–Crippen LogP) is 11.2. The van der Waals surface area contributed by atoms with E-state index in [2.05, 4.69) is 123 Å². The van der Waals surface area contributed by atoms with Crippen LogP contribution in [0.25, 0.3) is 31.6 Å². The molecule has 10 heteroatoms. The summed E-state index contributed by atoms with van der Waals surface area (Å²) >= 11 is 6.83. The highest BCUT2D eigenvalue weighted by Gasteiger charge is 2.09. The molecule has 2 aromatic heterocycles. The van der Waals surface area contributed by atoms with Crippen LogP contribution in [0.2, 0.25) is 0 Å². The molecule has 2 heterocycles. The van der Waals surface area contributed by atoms with Gasteiger partial charge in [-0.3, -0.25) is 0 Å². The van der Waals surface area contributed by atoms with E-state index in [4.69, 9.17) is 19.4 Å². The number of thioether (sulfide) groups is 2. The van der Waals surface area contributed by atoms with Crippen LogP contribution in [0.3, 0.4) is 0 Å². The molecule has 4 aromatic carbocycles. The fourth-order valence-electron chi connectivity index (χ4n) is 5.66. The molecular formula is C46H40N2O4S4. The van der Waals surface area contributed by atoms with E-state index in [1.807, 2.05) is 0 Å². The minimum absolute atomic E-state index is 0.376. The molecular weight excluding hydrogens is 773 g/mol. The largest absolute Gasteiger partial charge is 0.463 e. The second kappa shape index (κ2) is 20.2. The second-order valence-electron chi connectivity index (χ2n) is 12.7. The first-order chi connectivity index (χ1) is 27.3. The molecule has 0 fully saturated rings. The number of carbonyl (C=O) groups excluding carboxylic acids is 2. The summed E-state index contributed by atoms with van der Waals surface area (Å²) in [5, 5.41) is 0. The van der Waals surface area contributed by atoms with Crippen molar-refractivity contribution in [1.29, 1.82) is 0 Å². The fourth-order valence-corrected chi connectivity index (χ4v) is 9.89. The lowest BCUT2D eigenvalue weighted by Gasteiger charge is -2.10. The number of esters is 2. The topological polar surface area (TPSA) is 78.4 Å². The van der Waals surface area contributed by atoms with E-state index in [1.54, 1.807) is 46.2 Å². The lowest BCUT2D eigenvalue weighted by molar-refractivity contribution is -0.138. The van der Waals surface area contributed by atoms with Crippen LogP contribution in [0.1, 0.15) is 59.1 Å². The van der Waals surface area contributed by atoms with Gasteiger partial charge in [0, 0.05) is 45.9 Å². The molecule has 0 aliphatic heterocycles. The first kappa shape index (κ1) is 40.6. The number of rotatable bonds is 15. The number of unbranched alkanes of at least 4 members (excludes halogenated alkanes) is 2. The fraction of sp³-hybridized carbons (Fsp3) is 0.217. The number of carbonyl (C=O) groups is 2. The van der Waals surface area contributed by atoms with Crippen LogP contribution < -0.4 is 0 Å². The van der Waals surface area contributed by atoms with Crippen LogP contribution in [0, 0.1) is 37.5 Å². The number of benzene rings is 4. The molecule has 0 N–H and O–H groups in total.